The van der Waals surface area contributed by atoms with E-state index in [9.17, 15) is 14.3 Å². The number of carboxylic acids is 1. The van der Waals surface area contributed by atoms with Crippen LogP contribution in [0.25, 0.3) is 11.3 Å². The number of hydrogen-bond donors (Lipinski definition) is 1. The molecule has 36 heavy (non-hydrogen) atoms. The maximum Gasteiger partial charge on any atom is 0.307 e. The number of carboxylic acid groups (broad SMARTS) is 1. The van der Waals surface area contributed by atoms with Crippen LogP contribution in [0.3, 0.4) is 0 Å². The molecule has 0 radical (unpaired) electrons. The third kappa shape index (κ3) is 6.01. The number of piperidine rings is 1. The van der Waals surface area contributed by atoms with Gasteiger partial charge in [-0.05, 0) is 67.5 Å². The van der Waals surface area contributed by atoms with E-state index in [-0.39, 0.29) is 17.7 Å². The molecule has 3 aromatic rings. The minimum Gasteiger partial charge on any atom is -0.492 e. The quantitative estimate of drug-likeness (QED) is 0.431. The number of hydrogen-bond acceptors (Lipinski definition) is 5. The number of ether oxygens (including phenoxy) is 1. The molecule has 190 valence electrons. The molecule has 0 saturated carbocycles. The van der Waals surface area contributed by atoms with E-state index in [4.69, 9.17) is 4.74 Å². The molecule has 1 saturated heterocycles. The molecule has 0 spiro atoms. The largest absolute Gasteiger partial charge is 0.492 e. The van der Waals surface area contributed by atoms with Gasteiger partial charge in [0.25, 0.3) is 0 Å². The number of halogens is 1. The van der Waals surface area contributed by atoms with E-state index in [0.717, 1.165) is 65.3 Å². The lowest BCUT2D eigenvalue weighted by molar-refractivity contribution is -0.136. The van der Waals surface area contributed by atoms with Crippen molar-refractivity contribution in [1.29, 1.82) is 0 Å². The van der Waals surface area contributed by atoms with Gasteiger partial charge in [-0.2, -0.15) is 0 Å². The first-order valence-electron chi connectivity index (χ1n) is 12.4. The second kappa shape index (κ2) is 10.6. The van der Waals surface area contributed by atoms with Crippen LogP contribution in [0.1, 0.15) is 49.1 Å². The van der Waals surface area contributed by atoms with Crippen LogP contribution in [0, 0.1) is 25.1 Å². The Morgan fingerprint density at radius 3 is 2.50 bits per heavy atom. The number of anilines is 1. The molecule has 1 fully saturated rings. The van der Waals surface area contributed by atoms with Gasteiger partial charge in [-0.1, -0.05) is 19.9 Å². The molecule has 4 rings (SSSR count). The zero-order valence-corrected chi connectivity index (χ0v) is 21.5. The topological polar surface area (TPSA) is 75.6 Å². The molecule has 0 bridgehead atoms. The van der Waals surface area contributed by atoms with Gasteiger partial charge >= 0.3 is 5.97 Å². The zero-order chi connectivity index (χ0) is 25.9. The Morgan fingerprint density at radius 2 is 1.86 bits per heavy atom. The minimum atomic E-state index is -0.872. The normalized spacial score (nSPS) is 15.1. The number of pyridine rings is 2. The maximum absolute atomic E-state index is 13.3. The van der Waals surface area contributed by atoms with E-state index < -0.39 is 5.97 Å². The smallest absolute Gasteiger partial charge is 0.307 e. The van der Waals surface area contributed by atoms with Crippen molar-refractivity contribution in [3.63, 3.8) is 0 Å². The fourth-order valence-corrected chi connectivity index (χ4v) is 4.73. The summed E-state index contributed by atoms with van der Waals surface area (Å²) in [5, 5.41) is 9.59. The molecule has 6 nitrogen and oxygen atoms in total. The van der Waals surface area contributed by atoms with Gasteiger partial charge in [0, 0.05) is 42.5 Å². The number of aliphatic carboxylic acids is 1. The number of nitrogens with zero attached hydrogens (tertiary/aromatic N) is 3. The Labute approximate surface area is 212 Å². The molecule has 2 aromatic heterocycles. The van der Waals surface area contributed by atoms with E-state index in [0.29, 0.717) is 18.8 Å². The highest BCUT2D eigenvalue weighted by Gasteiger charge is 2.29. The zero-order valence-electron chi connectivity index (χ0n) is 21.5. The Morgan fingerprint density at radius 1 is 1.11 bits per heavy atom. The number of aryl methyl sites for hydroxylation is 2. The first-order valence-corrected chi connectivity index (χ1v) is 12.4. The highest BCUT2D eigenvalue weighted by atomic mass is 19.1. The van der Waals surface area contributed by atoms with Gasteiger partial charge in [0.05, 0.1) is 30.6 Å². The third-order valence-corrected chi connectivity index (χ3v) is 7.08. The summed E-state index contributed by atoms with van der Waals surface area (Å²) in [5.74, 6) is -0.462. The molecular formula is C29H34FN3O3. The van der Waals surface area contributed by atoms with Gasteiger partial charge < -0.3 is 14.7 Å². The van der Waals surface area contributed by atoms with E-state index in [2.05, 4.69) is 28.7 Å². The van der Waals surface area contributed by atoms with Crippen molar-refractivity contribution in [3.8, 4) is 17.0 Å². The molecule has 1 aliphatic rings. The van der Waals surface area contributed by atoms with Gasteiger partial charge in [-0.25, -0.2) is 4.39 Å². The summed E-state index contributed by atoms with van der Waals surface area (Å²) in [6.07, 6.45) is 6.15. The van der Waals surface area contributed by atoms with Crippen molar-refractivity contribution in [1.82, 2.24) is 9.97 Å². The minimum absolute atomic E-state index is 0.0775. The van der Waals surface area contributed by atoms with Crippen LogP contribution in [0.5, 0.6) is 5.75 Å². The third-order valence-electron chi connectivity index (χ3n) is 7.08. The summed E-state index contributed by atoms with van der Waals surface area (Å²) >= 11 is 0. The lowest BCUT2D eigenvalue weighted by Gasteiger charge is -2.40. The second-order valence-corrected chi connectivity index (χ2v) is 10.4. The summed E-state index contributed by atoms with van der Waals surface area (Å²) in [5.41, 5.74) is 6.20. The average molecular weight is 492 g/mol. The standard InChI is InChI=1S/C29H34FN3O3/c1-19-15-22(30)6-5-21(19)9-14-36-23-7-8-26(32-17-23)25-18-31-20(2)24(16-27(34)35)28(25)33-12-10-29(3,4)11-13-33/h5-8,15,17-18H,9-14,16H2,1-4H3,(H,34,35). The number of rotatable bonds is 8. The van der Waals surface area contributed by atoms with Crippen LogP contribution < -0.4 is 9.64 Å². The van der Waals surface area contributed by atoms with Gasteiger partial charge in [0.2, 0.25) is 0 Å². The molecule has 1 aliphatic heterocycles. The van der Waals surface area contributed by atoms with E-state index in [1.165, 1.54) is 12.1 Å². The van der Waals surface area contributed by atoms with Crippen molar-refractivity contribution in [2.75, 3.05) is 24.6 Å². The highest BCUT2D eigenvalue weighted by Crippen LogP contribution is 2.39. The van der Waals surface area contributed by atoms with Crippen LogP contribution in [0.15, 0.2) is 42.7 Å². The first kappa shape index (κ1) is 25.6. The Kier molecular flexibility index (Phi) is 7.57. The fourth-order valence-electron chi connectivity index (χ4n) is 4.73. The first-order chi connectivity index (χ1) is 17.1. The van der Waals surface area contributed by atoms with Gasteiger partial charge in [-0.3, -0.25) is 14.8 Å². The Balaban J connectivity index is 1.56. The number of carbonyl (C=O) groups is 1. The van der Waals surface area contributed by atoms with Crippen molar-refractivity contribution in [2.45, 2.75) is 53.4 Å². The van der Waals surface area contributed by atoms with Gasteiger partial charge in [0.1, 0.15) is 11.6 Å². The van der Waals surface area contributed by atoms with Crippen LogP contribution in [0.2, 0.25) is 0 Å². The molecule has 0 unspecified atom stereocenters. The summed E-state index contributed by atoms with van der Waals surface area (Å²) in [4.78, 5) is 23.2. The lowest BCUT2D eigenvalue weighted by Crippen LogP contribution is -2.38. The van der Waals surface area contributed by atoms with E-state index in [1.807, 2.05) is 26.0 Å². The van der Waals surface area contributed by atoms with Crippen LogP contribution in [0.4, 0.5) is 10.1 Å². The monoisotopic (exact) mass is 491 g/mol. The molecule has 3 heterocycles. The second-order valence-electron chi connectivity index (χ2n) is 10.4. The van der Waals surface area contributed by atoms with Gasteiger partial charge in [0.15, 0.2) is 0 Å². The van der Waals surface area contributed by atoms with Gasteiger partial charge in [-0.15, -0.1) is 0 Å². The van der Waals surface area contributed by atoms with E-state index in [1.54, 1.807) is 18.5 Å². The summed E-state index contributed by atoms with van der Waals surface area (Å²) < 4.78 is 19.2. The molecule has 0 atom stereocenters. The van der Waals surface area contributed by atoms with Crippen LogP contribution in [-0.2, 0) is 17.6 Å². The van der Waals surface area contributed by atoms with Crippen molar-refractivity contribution in [2.24, 2.45) is 5.41 Å². The molecular weight excluding hydrogens is 457 g/mol. The Hall–Kier alpha value is -3.48. The Bertz CT molecular complexity index is 1230. The molecule has 1 N–H and O–H groups in total. The molecule has 1 aromatic carbocycles. The van der Waals surface area contributed by atoms with E-state index >= 15 is 0 Å². The van der Waals surface area contributed by atoms with Crippen molar-refractivity contribution < 1.29 is 19.0 Å². The summed E-state index contributed by atoms with van der Waals surface area (Å²) in [6, 6.07) is 8.55. The molecule has 7 heteroatoms. The highest BCUT2D eigenvalue weighted by molar-refractivity contribution is 5.83. The summed E-state index contributed by atoms with van der Waals surface area (Å²) in [7, 11) is 0. The number of aromatic nitrogens is 2. The lowest BCUT2D eigenvalue weighted by atomic mass is 9.82. The fraction of sp³-hybridized carbons (Fsp3) is 0.414. The van der Waals surface area contributed by atoms with Crippen LogP contribution in [-0.4, -0.2) is 40.7 Å². The summed E-state index contributed by atoms with van der Waals surface area (Å²) in [6.45, 7) is 10.5. The van der Waals surface area contributed by atoms with Crippen LogP contribution >= 0.6 is 0 Å². The predicted molar refractivity (Wildman–Crippen MR) is 139 cm³/mol. The average Bonchev–Trinajstić information content (AvgIpc) is 2.82. The van der Waals surface area contributed by atoms with Crippen molar-refractivity contribution >= 4 is 11.7 Å². The molecule has 0 aliphatic carbocycles. The number of benzene rings is 1. The maximum atomic E-state index is 13.3. The SMILES string of the molecule is Cc1cc(F)ccc1CCOc1ccc(-c2cnc(C)c(CC(=O)O)c2N2CCC(C)(C)CC2)nc1. The predicted octanol–water partition coefficient (Wildman–Crippen LogP) is 5.77. The van der Waals surface area contributed by atoms with Crippen molar-refractivity contribution in [3.05, 3.63) is 70.9 Å². The molecule has 0 amide bonds.